The van der Waals surface area contributed by atoms with Crippen molar-refractivity contribution in [2.24, 2.45) is 0 Å². The molecular weight excluding hydrogens is 340 g/mol. The highest BCUT2D eigenvalue weighted by atomic mass is 16.5. The van der Waals surface area contributed by atoms with E-state index in [-0.39, 0.29) is 11.2 Å². The minimum absolute atomic E-state index is 0.0174. The average Bonchev–Trinajstić information content (AvgIpc) is 2.95. The maximum atomic E-state index is 12.2. The van der Waals surface area contributed by atoms with Crippen LogP contribution in [0.1, 0.15) is 42.4 Å². The lowest BCUT2D eigenvalue weighted by Gasteiger charge is -2.47. The molecule has 4 heterocycles. The summed E-state index contributed by atoms with van der Waals surface area (Å²) < 4.78 is 11.9. The summed E-state index contributed by atoms with van der Waals surface area (Å²) in [6.45, 7) is 7.52. The molecule has 0 saturated carbocycles. The number of benzene rings is 1. The number of piperidine rings is 1. The molecule has 0 amide bonds. The van der Waals surface area contributed by atoms with Crippen LogP contribution in [-0.4, -0.2) is 42.3 Å². The molecule has 1 spiro atoms. The Hall–Kier alpha value is -1.69. The molecule has 27 heavy (non-hydrogen) atoms. The summed E-state index contributed by atoms with van der Waals surface area (Å²) in [4.78, 5) is 14.6. The van der Waals surface area contributed by atoms with Crippen LogP contribution in [0, 0.1) is 13.8 Å². The fourth-order valence-electron chi connectivity index (χ4n) is 5.56. The SMILES string of the molecule is Cc1cc(C)c2oc(=O)cc(CN3CCOC4(C[C@H]5CC[C@@H](C4)N5)C3)c2c1. The van der Waals surface area contributed by atoms with Crippen LogP contribution in [0.4, 0.5) is 0 Å². The van der Waals surface area contributed by atoms with E-state index in [9.17, 15) is 4.79 Å². The Labute approximate surface area is 159 Å². The molecule has 1 aromatic carbocycles. The molecule has 1 N–H and O–H groups in total. The molecule has 1 unspecified atom stereocenters. The lowest BCUT2D eigenvalue weighted by atomic mass is 9.85. The maximum Gasteiger partial charge on any atom is 0.336 e. The second-order valence-corrected chi connectivity index (χ2v) is 8.84. The molecule has 3 saturated heterocycles. The van der Waals surface area contributed by atoms with Gasteiger partial charge in [-0.05, 0) is 62.3 Å². The second-order valence-electron chi connectivity index (χ2n) is 8.84. The van der Waals surface area contributed by atoms with E-state index in [4.69, 9.17) is 9.15 Å². The van der Waals surface area contributed by atoms with Crippen LogP contribution in [0.2, 0.25) is 0 Å². The normalized spacial score (nSPS) is 31.0. The minimum Gasteiger partial charge on any atom is -0.422 e. The van der Waals surface area contributed by atoms with Gasteiger partial charge in [0.1, 0.15) is 5.58 Å². The Morgan fingerprint density at radius 1 is 1.19 bits per heavy atom. The van der Waals surface area contributed by atoms with Crippen molar-refractivity contribution in [2.45, 2.75) is 63.8 Å². The van der Waals surface area contributed by atoms with Crippen LogP contribution in [0.15, 0.2) is 27.4 Å². The first-order valence-electron chi connectivity index (χ1n) is 10.2. The van der Waals surface area contributed by atoms with E-state index in [1.807, 2.05) is 6.92 Å². The predicted octanol–water partition coefficient (Wildman–Crippen LogP) is 2.90. The number of nitrogens with one attached hydrogen (secondary N) is 1. The zero-order valence-electron chi connectivity index (χ0n) is 16.2. The molecule has 3 atom stereocenters. The van der Waals surface area contributed by atoms with Gasteiger partial charge in [0.15, 0.2) is 0 Å². The standard InChI is InChI=1S/C22H28N2O3/c1-14-7-15(2)21-19(8-14)16(9-20(25)27-21)12-24-5-6-26-22(13-24)10-17-3-4-18(11-22)23-17/h7-9,17-18,23H,3-6,10-13H2,1-2H3/t17-,18+,22?. The van der Waals surface area contributed by atoms with Crippen molar-refractivity contribution in [3.63, 3.8) is 0 Å². The van der Waals surface area contributed by atoms with Gasteiger partial charge in [-0.2, -0.15) is 0 Å². The third-order valence-corrected chi connectivity index (χ3v) is 6.55. The summed E-state index contributed by atoms with van der Waals surface area (Å²) in [5, 5.41) is 4.79. The lowest BCUT2D eigenvalue weighted by Crippen LogP contribution is -2.58. The fourth-order valence-corrected chi connectivity index (χ4v) is 5.56. The summed E-state index contributed by atoms with van der Waals surface area (Å²) in [6.07, 6.45) is 4.77. The van der Waals surface area contributed by atoms with Crippen LogP contribution in [0.25, 0.3) is 11.0 Å². The van der Waals surface area contributed by atoms with Crippen molar-refractivity contribution in [1.82, 2.24) is 10.2 Å². The number of fused-ring (bicyclic) bond motifs is 3. The van der Waals surface area contributed by atoms with Crippen LogP contribution >= 0.6 is 0 Å². The van der Waals surface area contributed by atoms with Gasteiger partial charge in [-0.1, -0.05) is 6.07 Å². The number of hydrogen-bond acceptors (Lipinski definition) is 5. The van der Waals surface area contributed by atoms with Gasteiger partial charge in [0, 0.05) is 43.2 Å². The topological polar surface area (TPSA) is 54.7 Å². The van der Waals surface area contributed by atoms with Crippen LogP contribution in [-0.2, 0) is 11.3 Å². The highest BCUT2D eigenvalue weighted by Crippen LogP contribution is 2.39. The van der Waals surface area contributed by atoms with E-state index >= 15 is 0 Å². The van der Waals surface area contributed by atoms with Crippen LogP contribution in [0.5, 0.6) is 0 Å². The third kappa shape index (κ3) is 3.22. The van der Waals surface area contributed by atoms with E-state index < -0.39 is 0 Å². The van der Waals surface area contributed by atoms with Gasteiger partial charge in [0.2, 0.25) is 0 Å². The van der Waals surface area contributed by atoms with Gasteiger partial charge in [0.05, 0.1) is 12.2 Å². The quantitative estimate of drug-likeness (QED) is 0.826. The summed E-state index contributed by atoms with van der Waals surface area (Å²) in [6, 6.07) is 7.11. The highest BCUT2D eigenvalue weighted by Gasteiger charge is 2.46. The highest BCUT2D eigenvalue weighted by molar-refractivity contribution is 5.83. The van der Waals surface area contributed by atoms with E-state index in [1.165, 1.54) is 18.4 Å². The van der Waals surface area contributed by atoms with Crippen molar-refractivity contribution < 1.29 is 9.15 Å². The molecule has 0 radical (unpaired) electrons. The zero-order valence-corrected chi connectivity index (χ0v) is 16.2. The number of morpholine rings is 1. The van der Waals surface area contributed by atoms with Gasteiger partial charge >= 0.3 is 5.63 Å². The van der Waals surface area contributed by atoms with Gasteiger partial charge in [-0.15, -0.1) is 0 Å². The fraction of sp³-hybridized carbons (Fsp3) is 0.591. The van der Waals surface area contributed by atoms with E-state index in [1.54, 1.807) is 6.07 Å². The second kappa shape index (κ2) is 6.43. The molecule has 0 aliphatic carbocycles. The van der Waals surface area contributed by atoms with Crippen LogP contribution in [0.3, 0.4) is 0 Å². The molecule has 2 bridgehead atoms. The van der Waals surface area contributed by atoms with Gasteiger partial charge in [0.25, 0.3) is 0 Å². The molecule has 3 aliphatic rings. The number of aryl methyl sites for hydroxylation is 2. The Morgan fingerprint density at radius 2 is 1.96 bits per heavy atom. The number of hydrogen-bond donors (Lipinski definition) is 1. The Morgan fingerprint density at radius 3 is 2.74 bits per heavy atom. The van der Waals surface area contributed by atoms with Gasteiger partial charge < -0.3 is 14.5 Å². The molecular formula is C22H28N2O3. The van der Waals surface area contributed by atoms with Crippen LogP contribution < -0.4 is 10.9 Å². The van der Waals surface area contributed by atoms with Crippen molar-refractivity contribution >= 4 is 11.0 Å². The Bertz CT molecular complexity index is 923. The predicted molar refractivity (Wildman–Crippen MR) is 105 cm³/mol. The first-order valence-corrected chi connectivity index (χ1v) is 10.2. The van der Waals surface area contributed by atoms with E-state index in [0.717, 1.165) is 61.2 Å². The summed E-state index contributed by atoms with van der Waals surface area (Å²) in [5.41, 5.74) is 3.75. The largest absolute Gasteiger partial charge is 0.422 e. The molecule has 5 nitrogen and oxygen atoms in total. The van der Waals surface area contributed by atoms with Gasteiger partial charge in [-0.25, -0.2) is 4.79 Å². The zero-order chi connectivity index (χ0) is 18.6. The maximum absolute atomic E-state index is 12.2. The van der Waals surface area contributed by atoms with E-state index in [0.29, 0.717) is 12.1 Å². The third-order valence-electron chi connectivity index (χ3n) is 6.55. The lowest BCUT2D eigenvalue weighted by molar-refractivity contribution is -0.133. The molecule has 3 aliphatic heterocycles. The monoisotopic (exact) mass is 368 g/mol. The van der Waals surface area contributed by atoms with Crippen molar-refractivity contribution in [1.29, 1.82) is 0 Å². The molecule has 1 aromatic heterocycles. The minimum atomic E-state index is -0.257. The Kier molecular flexibility index (Phi) is 4.15. The molecule has 5 rings (SSSR count). The number of nitrogens with zero attached hydrogens (tertiary/aromatic N) is 1. The van der Waals surface area contributed by atoms with Crippen molar-refractivity contribution in [2.75, 3.05) is 19.7 Å². The smallest absolute Gasteiger partial charge is 0.336 e. The molecule has 2 aromatic rings. The van der Waals surface area contributed by atoms with Crippen molar-refractivity contribution in [3.8, 4) is 0 Å². The Balaban J connectivity index is 1.44. The molecule has 5 heteroatoms. The summed E-state index contributed by atoms with van der Waals surface area (Å²) >= 11 is 0. The summed E-state index contributed by atoms with van der Waals surface area (Å²) in [5.74, 6) is 0. The van der Waals surface area contributed by atoms with Crippen molar-refractivity contribution in [3.05, 3.63) is 45.3 Å². The molecule has 144 valence electrons. The molecule has 3 fully saturated rings. The number of ether oxygens (including phenoxy) is 1. The average molecular weight is 368 g/mol. The number of rotatable bonds is 2. The van der Waals surface area contributed by atoms with E-state index in [2.05, 4.69) is 29.3 Å². The first-order chi connectivity index (χ1) is 13.0. The van der Waals surface area contributed by atoms with Gasteiger partial charge in [-0.3, -0.25) is 4.90 Å². The summed E-state index contributed by atoms with van der Waals surface area (Å²) in [7, 11) is 0. The first kappa shape index (κ1) is 17.4.